The fourth-order valence-electron chi connectivity index (χ4n) is 3.38. The van der Waals surface area contributed by atoms with Crippen molar-refractivity contribution in [2.24, 2.45) is 4.99 Å². The van der Waals surface area contributed by atoms with Crippen molar-refractivity contribution >= 4 is 12.3 Å². The summed E-state index contributed by atoms with van der Waals surface area (Å²) in [6.07, 6.45) is 15.3. The monoisotopic (exact) mass is 225 g/mol. The van der Waals surface area contributed by atoms with Crippen LogP contribution in [0, 0.1) is 0 Å². The largest absolute Gasteiger partial charge is 0.341 e. The van der Waals surface area contributed by atoms with Gasteiger partial charge in [-0.2, -0.15) is 0 Å². The van der Waals surface area contributed by atoms with Crippen LogP contribution < -0.4 is 0 Å². The van der Waals surface area contributed by atoms with Crippen LogP contribution in [-0.2, 0) is 0 Å². The van der Waals surface area contributed by atoms with Crippen LogP contribution in [0.3, 0.4) is 0 Å². The van der Waals surface area contributed by atoms with Crippen molar-refractivity contribution in [1.82, 2.24) is 9.88 Å². The Labute approximate surface area is 101 Å². The average molecular weight is 225 g/mol. The van der Waals surface area contributed by atoms with Crippen LogP contribution in [0.2, 0.25) is 0 Å². The lowest BCUT2D eigenvalue weighted by atomic mass is 9.97. The highest BCUT2D eigenvalue weighted by Gasteiger charge is 2.45. The molecule has 86 valence electrons. The quantitative estimate of drug-likeness (QED) is 0.679. The highest BCUT2D eigenvalue weighted by atomic mass is 15.3. The number of aromatic nitrogens is 1. The average Bonchev–Trinajstić information content (AvgIpc) is 2.99. The highest BCUT2D eigenvalue weighted by molar-refractivity contribution is 5.76. The van der Waals surface area contributed by atoms with E-state index in [1.807, 2.05) is 12.4 Å². The van der Waals surface area contributed by atoms with Crippen LogP contribution in [0.1, 0.15) is 42.9 Å². The van der Waals surface area contributed by atoms with Crippen LogP contribution in [0.5, 0.6) is 0 Å². The van der Waals surface area contributed by atoms with Gasteiger partial charge < -0.3 is 4.90 Å². The van der Waals surface area contributed by atoms with Crippen molar-refractivity contribution in [1.29, 1.82) is 0 Å². The predicted octanol–water partition coefficient (Wildman–Crippen LogP) is 2.76. The fourth-order valence-corrected chi connectivity index (χ4v) is 3.38. The summed E-state index contributed by atoms with van der Waals surface area (Å²) in [6, 6.07) is 2.45. The molecule has 0 aromatic carbocycles. The highest BCUT2D eigenvalue weighted by Crippen LogP contribution is 2.46. The maximum absolute atomic E-state index is 4.84. The van der Waals surface area contributed by atoms with Gasteiger partial charge in [-0.25, -0.2) is 0 Å². The second kappa shape index (κ2) is 3.19. The molecule has 0 bridgehead atoms. The minimum absolute atomic E-state index is 0.0716. The Morgan fingerprint density at radius 1 is 1.29 bits per heavy atom. The fraction of sp³-hybridized carbons (Fsp3) is 0.429. The first kappa shape index (κ1) is 9.40. The minimum Gasteiger partial charge on any atom is -0.341 e. The molecular formula is C14H15N3. The van der Waals surface area contributed by atoms with Crippen molar-refractivity contribution < 1.29 is 0 Å². The van der Waals surface area contributed by atoms with Crippen molar-refractivity contribution in [3.63, 3.8) is 0 Å². The molecule has 3 aliphatic rings. The third-order valence-corrected chi connectivity index (χ3v) is 4.26. The Balaban J connectivity index is 1.81. The molecule has 1 unspecified atom stereocenters. The maximum Gasteiger partial charge on any atom is 0.132 e. The lowest BCUT2D eigenvalue weighted by Crippen LogP contribution is -2.40. The number of nitrogens with zero attached hydrogens (tertiary/aromatic N) is 3. The molecule has 3 nitrogen and oxygen atoms in total. The zero-order chi connectivity index (χ0) is 11.3. The number of pyridine rings is 1. The number of fused-ring (bicyclic) bond motifs is 4. The molecule has 17 heavy (non-hydrogen) atoms. The first-order valence-corrected chi connectivity index (χ1v) is 6.35. The van der Waals surface area contributed by atoms with Gasteiger partial charge in [-0.15, -0.1) is 0 Å². The van der Waals surface area contributed by atoms with E-state index in [1.165, 1.54) is 36.8 Å². The Morgan fingerprint density at radius 2 is 2.18 bits per heavy atom. The van der Waals surface area contributed by atoms with E-state index in [1.54, 1.807) is 0 Å². The summed E-state index contributed by atoms with van der Waals surface area (Å²) < 4.78 is 0. The van der Waals surface area contributed by atoms with E-state index in [9.17, 15) is 0 Å². The Hall–Kier alpha value is -1.64. The minimum atomic E-state index is 0.0716. The number of hydrogen-bond acceptors (Lipinski definition) is 3. The molecule has 3 heteroatoms. The van der Waals surface area contributed by atoms with Crippen LogP contribution >= 0.6 is 0 Å². The van der Waals surface area contributed by atoms with E-state index in [-0.39, 0.29) is 5.66 Å². The van der Waals surface area contributed by atoms with Crippen molar-refractivity contribution in [3.8, 4) is 0 Å². The molecule has 1 atom stereocenters. The molecule has 0 N–H and O–H groups in total. The second-order valence-corrected chi connectivity index (χ2v) is 5.14. The molecule has 1 aliphatic carbocycles. The molecule has 2 aliphatic heterocycles. The Morgan fingerprint density at radius 3 is 3.06 bits per heavy atom. The van der Waals surface area contributed by atoms with E-state index in [2.05, 4.69) is 34.4 Å². The SMILES string of the molecule is C1=CN2C(C=NC23CCCC3)c2ccncc21. The molecule has 1 spiro atoms. The molecule has 4 rings (SSSR count). The zero-order valence-corrected chi connectivity index (χ0v) is 9.71. The summed E-state index contributed by atoms with van der Waals surface area (Å²) in [7, 11) is 0. The van der Waals surface area contributed by atoms with Gasteiger partial charge in [-0.1, -0.05) is 0 Å². The van der Waals surface area contributed by atoms with Crippen molar-refractivity contribution in [2.75, 3.05) is 0 Å². The second-order valence-electron chi connectivity index (χ2n) is 5.14. The third kappa shape index (κ3) is 1.17. The van der Waals surface area contributed by atoms with E-state index in [4.69, 9.17) is 4.99 Å². The first-order chi connectivity index (χ1) is 8.39. The number of hydrogen-bond donors (Lipinski definition) is 0. The standard InChI is InChI=1S/C14H15N3/c1-2-6-14(5-1)16-10-13-12-3-7-15-9-11(12)4-8-17(13)14/h3-4,7-10,13H,1-2,5-6H2. The van der Waals surface area contributed by atoms with Crippen LogP contribution in [0.4, 0.5) is 0 Å². The molecule has 1 saturated carbocycles. The summed E-state index contributed by atoms with van der Waals surface area (Å²) in [5.74, 6) is 0. The molecular weight excluding hydrogens is 210 g/mol. The van der Waals surface area contributed by atoms with E-state index >= 15 is 0 Å². The predicted molar refractivity (Wildman–Crippen MR) is 67.5 cm³/mol. The van der Waals surface area contributed by atoms with E-state index < -0.39 is 0 Å². The van der Waals surface area contributed by atoms with Crippen LogP contribution in [0.25, 0.3) is 6.08 Å². The summed E-state index contributed by atoms with van der Waals surface area (Å²) in [5, 5.41) is 0. The van der Waals surface area contributed by atoms with Gasteiger partial charge in [0.05, 0.1) is 6.04 Å². The normalized spacial score (nSPS) is 27.5. The van der Waals surface area contributed by atoms with Gasteiger partial charge >= 0.3 is 0 Å². The first-order valence-electron chi connectivity index (χ1n) is 6.35. The molecule has 0 radical (unpaired) electrons. The summed E-state index contributed by atoms with van der Waals surface area (Å²) in [4.78, 5) is 11.5. The lowest BCUT2D eigenvalue weighted by Gasteiger charge is -2.38. The zero-order valence-electron chi connectivity index (χ0n) is 9.71. The van der Waals surface area contributed by atoms with Gasteiger partial charge in [0.25, 0.3) is 0 Å². The van der Waals surface area contributed by atoms with Crippen molar-refractivity contribution in [3.05, 3.63) is 35.8 Å². The van der Waals surface area contributed by atoms with Gasteiger partial charge in [0, 0.05) is 24.8 Å². The Bertz CT molecular complexity index is 512. The smallest absolute Gasteiger partial charge is 0.132 e. The maximum atomic E-state index is 4.84. The molecule has 3 heterocycles. The molecule has 0 amide bonds. The number of rotatable bonds is 0. The Kier molecular flexibility index (Phi) is 1.76. The molecule has 1 aromatic rings. The van der Waals surface area contributed by atoms with E-state index in [0.29, 0.717) is 6.04 Å². The molecule has 1 aromatic heterocycles. The lowest BCUT2D eigenvalue weighted by molar-refractivity contribution is 0.162. The van der Waals surface area contributed by atoms with Crippen LogP contribution in [-0.4, -0.2) is 21.8 Å². The summed E-state index contributed by atoms with van der Waals surface area (Å²) in [5.41, 5.74) is 2.65. The number of aliphatic imine (C=N–C) groups is 1. The molecule has 1 fully saturated rings. The van der Waals surface area contributed by atoms with Gasteiger partial charge in [0.1, 0.15) is 5.66 Å². The van der Waals surface area contributed by atoms with Gasteiger partial charge in [-0.05, 0) is 49.0 Å². The van der Waals surface area contributed by atoms with Gasteiger partial charge in [-0.3, -0.25) is 9.98 Å². The van der Waals surface area contributed by atoms with Gasteiger partial charge in [0.15, 0.2) is 0 Å². The summed E-state index contributed by atoms with van der Waals surface area (Å²) >= 11 is 0. The van der Waals surface area contributed by atoms with E-state index in [0.717, 1.165) is 0 Å². The van der Waals surface area contributed by atoms with Crippen LogP contribution in [0.15, 0.2) is 29.7 Å². The van der Waals surface area contributed by atoms with Crippen molar-refractivity contribution in [2.45, 2.75) is 37.4 Å². The molecule has 0 saturated heterocycles. The van der Waals surface area contributed by atoms with Gasteiger partial charge in [0.2, 0.25) is 0 Å². The summed E-state index contributed by atoms with van der Waals surface area (Å²) in [6.45, 7) is 0. The third-order valence-electron chi connectivity index (χ3n) is 4.26. The topological polar surface area (TPSA) is 28.5 Å².